The maximum Gasteiger partial charge on any atom is 0.337 e. The highest BCUT2D eigenvalue weighted by Crippen LogP contribution is 2.40. The van der Waals surface area contributed by atoms with Crippen LogP contribution in [0.5, 0.6) is 0 Å². The predicted molar refractivity (Wildman–Crippen MR) is 58.3 cm³/mol. The number of esters is 1. The normalized spacial score (nSPS) is 31.5. The van der Waals surface area contributed by atoms with Gasteiger partial charge in [0.15, 0.2) is 6.10 Å². The molecule has 0 N–H and O–H groups in total. The molecule has 1 saturated heterocycles. The van der Waals surface area contributed by atoms with E-state index in [1.165, 1.54) is 0 Å². The standard InChI is InChI=1S/C12H20O3/c1-6-7-8-9-10(13)15-12(5,14-9)11(2,3)4/h6,9H,1,7-8H2,2-5H3/t9-,12-/m1/s1. The van der Waals surface area contributed by atoms with Gasteiger partial charge in [0.05, 0.1) is 0 Å². The van der Waals surface area contributed by atoms with Gasteiger partial charge in [-0.2, -0.15) is 0 Å². The summed E-state index contributed by atoms with van der Waals surface area (Å²) >= 11 is 0. The zero-order chi connectivity index (χ0) is 11.7. The Morgan fingerprint density at radius 3 is 2.53 bits per heavy atom. The number of allylic oxidation sites excluding steroid dienone is 1. The second kappa shape index (κ2) is 3.97. The predicted octanol–water partition coefficient (Wildman–Crippen LogP) is 2.66. The molecule has 0 aromatic carbocycles. The molecule has 0 spiro atoms. The molecule has 2 atom stereocenters. The second-order valence-electron chi connectivity index (χ2n) is 5.09. The molecule has 0 unspecified atom stereocenters. The van der Waals surface area contributed by atoms with E-state index >= 15 is 0 Å². The van der Waals surface area contributed by atoms with Gasteiger partial charge in [0, 0.05) is 12.3 Å². The average Bonchev–Trinajstić information content (AvgIpc) is 2.38. The third kappa shape index (κ3) is 2.40. The average molecular weight is 212 g/mol. The molecule has 0 radical (unpaired) electrons. The summed E-state index contributed by atoms with van der Waals surface area (Å²) in [6, 6.07) is 0. The lowest BCUT2D eigenvalue weighted by Crippen LogP contribution is -2.41. The molecule has 3 heteroatoms. The smallest absolute Gasteiger partial charge is 0.337 e. The van der Waals surface area contributed by atoms with Crippen LogP contribution in [0, 0.1) is 5.41 Å². The molecule has 15 heavy (non-hydrogen) atoms. The van der Waals surface area contributed by atoms with Crippen LogP contribution in [0.25, 0.3) is 0 Å². The first-order valence-corrected chi connectivity index (χ1v) is 5.32. The van der Waals surface area contributed by atoms with E-state index in [4.69, 9.17) is 9.47 Å². The van der Waals surface area contributed by atoms with E-state index in [2.05, 4.69) is 6.58 Å². The van der Waals surface area contributed by atoms with Crippen LogP contribution in [0.1, 0.15) is 40.5 Å². The van der Waals surface area contributed by atoms with Crippen molar-refractivity contribution in [1.82, 2.24) is 0 Å². The van der Waals surface area contributed by atoms with Crippen LogP contribution in [0.3, 0.4) is 0 Å². The van der Waals surface area contributed by atoms with Crippen LogP contribution in [-0.2, 0) is 14.3 Å². The Morgan fingerprint density at radius 1 is 1.53 bits per heavy atom. The lowest BCUT2D eigenvalue weighted by molar-refractivity contribution is -0.217. The number of cyclic esters (lactones) is 1. The van der Waals surface area contributed by atoms with E-state index in [0.29, 0.717) is 6.42 Å². The third-order valence-electron chi connectivity index (χ3n) is 2.92. The Hall–Kier alpha value is -0.830. The molecule has 0 aromatic heterocycles. The largest absolute Gasteiger partial charge is 0.431 e. The Kier molecular flexibility index (Phi) is 3.24. The molecule has 0 saturated carbocycles. The molecule has 1 aliphatic rings. The van der Waals surface area contributed by atoms with Crippen LogP contribution in [0.15, 0.2) is 12.7 Å². The molecule has 1 heterocycles. The number of hydrogen-bond donors (Lipinski definition) is 0. The third-order valence-corrected chi connectivity index (χ3v) is 2.92. The molecule has 1 aliphatic heterocycles. The number of rotatable bonds is 3. The van der Waals surface area contributed by atoms with Crippen molar-refractivity contribution in [3.63, 3.8) is 0 Å². The van der Waals surface area contributed by atoms with Gasteiger partial charge in [-0.3, -0.25) is 0 Å². The molecule has 1 rings (SSSR count). The minimum atomic E-state index is -0.810. The Labute approximate surface area is 91.4 Å². The summed E-state index contributed by atoms with van der Waals surface area (Å²) in [5.74, 6) is -1.06. The molecule has 0 aromatic rings. The van der Waals surface area contributed by atoms with E-state index in [9.17, 15) is 4.79 Å². The van der Waals surface area contributed by atoms with Crippen molar-refractivity contribution in [2.24, 2.45) is 5.41 Å². The number of carbonyl (C=O) groups excluding carboxylic acids is 1. The Morgan fingerprint density at radius 2 is 2.13 bits per heavy atom. The summed E-state index contributed by atoms with van der Waals surface area (Å²) in [5.41, 5.74) is -0.217. The first-order valence-electron chi connectivity index (χ1n) is 5.32. The summed E-state index contributed by atoms with van der Waals surface area (Å²) in [7, 11) is 0. The van der Waals surface area contributed by atoms with Crippen molar-refractivity contribution in [2.45, 2.75) is 52.4 Å². The molecule has 0 bridgehead atoms. The monoisotopic (exact) mass is 212 g/mol. The minimum Gasteiger partial charge on any atom is -0.431 e. The molecular formula is C12H20O3. The molecular weight excluding hydrogens is 192 g/mol. The van der Waals surface area contributed by atoms with Gasteiger partial charge >= 0.3 is 5.97 Å². The highest BCUT2D eigenvalue weighted by Gasteiger charge is 2.51. The van der Waals surface area contributed by atoms with Gasteiger partial charge in [0.2, 0.25) is 5.79 Å². The van der Waals surface area contributed by atoms with E-state index in [-0.39, 0.29) is 11.4 Å². The maximum atomic E-state index is 11.6. The van der Waals surface area contributed by atoms with Gasteiger partial charge < -0.3 is 9.47 Å². The van der Waals surface area contributed by atoms with E-state index in [0.717, 1.165) is 6.42 Å². The van der Waals surface area contributed by atoms with Crippen LogP contribution in [0.4, 0.5) is 0 Å². The van der Waals surface area contributed by atoms with Crippen molar-refractivity contribution in [1.29, 1.82) is 0 Å². The van der Waals surface area contributed by atoms with Gasteiger partial charge in [-0.25, -0.2) is 4.79 Å². The number of ether oxygens (including phenoxy) is 2. The lowest BCUT2D eigenvalue weighted by Gasteiger charge is -2.35. The fraction of sp³-hybridized carbons (Fsp3) is 0.750. The van der Waals surface area contributed by atoms with Crippen molar-refractivity contribution in [3.05, 3.63) is 12.7 Å². The van der Waals surface area contributed by atoms with E-state index in [1.807, 2.05) is 27.7 Å². The summed E-state index contributed by atoms with van der Waals surface area (Å²) in [6.07, 6.45) is 2.75. The van der Waals surface area contributed by atoms with Crippen LogP contribution in [-0.4, -0.2) is 17.9 Å². The SMILES string of the molecule is C=CCC[C@H]1O[C@@](C)(C(C)(C)C)OC1=O. The zero-order valence-corrected chi connectivity index (χ0v) is 10.0. The van der Waals surface area contributed by atoms with E-state index in [1.54, 1.807) is 6.08 Å². The fourth-order valence-corrected chi connectivity index (χ4v) is 1.38. The highest BCUT2D eigenvalue weighted by molar-refractivity contribution is 5.76. The van der Waals surface area contributed by atoms with Crippen molar-refractivity contribution < 1.29 is 14.3 Å². The minimum absolute atomic E-state index is 0.217. The van der Waals surface area contributed by atoms with Gasteiger partial charge in [-0.1, -0.05) is 26.8 Å². The first kappa shape index (κ1) is 12.2. The van der Waals surface area contributed by atoms with E-state index < -0.39 is 11.9 Å². The quantitative estimate of drug-likeness (QED) is 0.533. The van der Waals surface area contributed by atoms with Crippen molar-refractivity contribution in [2.75, 3.05) is 0 Å². The first-order chi connectivity index (χ1) is 6.80. The molecule has 86 valence electrons. The second-order valence-corrected chi connectivity index (χ2v) is 5.09. The van der Waals surface area contributed by atoms with Crippen LogP contribution >= 0.6 is 0 Å². The lowest BCUT2D eigenvalue weighted by atomic mass is 9.87. The summed E-state index contributed by atoms with van der Waals surface area (Å²) in [6.45, 7) is 11.4. The number of hydrogen-bond acceptors (Lipinski definition) is 3. The Bertz CT molecular complexity index is 265. The van der Waals surface area contributed by atoms with Gasteiger partial charge in [0.25, 0.3) is 0 Å². The molecule has 3 nitrogen and oxygen atoms in total. The van der Waals surface area contributed by atoms with Gasteiger partial charge in [-0.05, 0) is 12.8 Å². The maximum absolute atomic E-state index is 11.6. The van der Waals surface area contributed by atoms with Crippen LogP contribution in [0.2, 0.25) is 0 Å². The zero-order valence-electron chi connectivity index (χ0n) is 10.0. The Balaban J connectivity index is 2.70. The molecule has 0 aliphatic carbocycles. The van der Waals surface area contributed by atoms with Gasteiger partial charge in [0.1, 0.15) is 0 Å². The summed E-state index contributed by atoms with van der Waals surface area (Å²) < 4.78 is 11.0. The van der Waals surface area contributed by atoms with Gasteiger partial charge in [-0.15, -0.1) is 6.58 Å². The fourth-order valence-electron chi connectivity index (χ4n) is 1.38. The topological polar surface area (TPSA) is 35.5 Å². The highest BCUT2D eigenvalue weighted by atomic mass is 16.8. The van der Waals surface area contributed by atoms with Crippen molar-refractivity contribution >= 4 is 5.97 Å². The molecule has 1 fully saturated rings. The van der Waals surface area contributed by atoms with Crippen molar-refractivity contribution in [3.8, 4) is 0 Å². The number of carbonyl (C=O) groups is 1. The summed E-state index contributed by atoms with van der Waals surface area (Å²) in [5, 5.41) is 0. The van der Waals surface area contributed by atoms with Crippen LogP contribution < -0.4 is 0 Å². The molecule has 0 amide bonds. The summed E-state index contributed by atoms with van der Waals surface area (Å²) in [4.78, 5) is 11.6.